The molecule has 17 heavy (non-hydrogen) atoms. The standard InChI is InChI=1S/C11H16N2O4/c1-16-9-4-3-7(5-10(9)17-2)8(12)6-13-11(14)15/h3-5,8,13H,6,12H2,1-2H3,(H,14,15). The fourth-order valence-corrected chi connectivity index (χ4v) is 1.40. The van der Waals surface area contributed by atoms with Crippen molar-refractivity contribution in [2.45, 2.75) is 6.04 Å². The van der Waals surface area contributed by atoms with Gasteiger partial charge in [-0.1, -0.05) is 6.07 Å². The summed E-state index contributed by atoms with van der Waals surface area (Å²) in [5.41, 5.74) is 6.61. The molecule has 0 aliphatic carbocycles. The van der Waals surface area contributed by atoms with Crippen LogP contribution in [0.4, 0.5) is 4.79 Å². The van der Waals surface area contributed by atoms with Gasteiger partial charge in [-0.2, -0.15) is 0 Å². The van der Waals surface area contributed by atoms with Gasteiger partial charge in [0.15, 0.2) is 11.5 Å². The maximum atomic E-state index is 10.3. The van der Waals surface area contributed by atoms with Crippen LogP contribution in [0.5, 0.6) is 11.5 Å². The monoisotopic (exact) mass is 240 g/mol. The number of nitrogens with one attached hydrogen (secondary N) is 1. The number of benzene rings is 1. The number of nitrogens with two attached hydrogens (primary N) is 1. The summed E-state index contributed by atoms with van der Waals surface area (Å²) in [6.45, 7) is 0.144. The molecule has 0 aromatic heterocycles. The van der Waals surface area contributed by atoms with Gasteiger partial charge in [-0.3, -0.25) is 0 Å². The summed E-state index contributed by atoms with van der Waals surface area (Å²) in [5, 5.41) is 10.7. The number of methoxy groups -OCH3 is 2. The second kappa shape index (κ2) is 5.95. The lowest BCUT2D eigenvalue weighted by Gasteiger charge is -2.14. The highest BCUT2D eigenvalue weighted by molar-refractivity contribution is 5.64. The summed E-state index contributed by atoms with van der Waals surface area (Å²) in [6, 6.07) is 4.81. The highest BCUT2D eigenvalue weighted by Gasteiger charge is 2.11. The number of hydrogen-bond donors (Lipinski definition) is 3. The van der Waals surface area contributed by atoms with Crippen LogP contribution >= 0.6 is 0 Å². The molecule has 0 aliphatic rings. The van der Waals surface area contributed by atoms with Crippen LogP contribution in [0.1, 0.15) is 11.6 Å². The highest BCUT2D eigenvalue weighted by Crippen LogP contribution is 2.29. The third-order valence-electron chi connectivity index (χ3n) is 2.31. The summed E-state index contributed by atoms with van der Waals surface area (Å²) in [5.74, 6) is 1.17. The van der Waals surface area contributed by atoms with Crippen molar-refractivity contribution in [2.75, 3.05) is 20.8 Å². The molecule has 1 rings (SSSR count). The number of carbonyl (C=O) groups is 1. The highest BCUT2D eigenvalue weighted by atomic mass is 16.5. The summed E-state index contributed by atoms with van der Waals surface area (Å²) in [4.78, 5) is 10.3. The SMILES string of the molecule is COc1ccc(C(N)CNC(=O)O)cc1OC. The van der Waals surface area contributed by atoms with Crippen molar-refractivity contribution in [3.63, 3.8) is 0 Å². The zero-order chi connectivity index (χ0) is 12.8. The minimum absolute atomic E-state index is 0.144. The van der Waals surface area contributed by atoms with Crippen molar-refractivity contribution in [1.29, 1.82) is 0 Å². The van der Waals surface area contributed by atoms with E-state index in [9.17, 15) is 4.79 Å². The Morgan fingerprint density at radius 2 is 2.06 bits per heavy atom. The van der Waals surface area contributed by atoms with Gasteiger partial charge in [-0.25, -0.2) is 4.79 Å². The Balaban J connectivity index is 2.80. The third-order valence-corrected chi connectivity index (χ3v) is 2.31. The molecule has 0 spiro atoms. The van der Waals surface area contributed by atoms with Crippen LogP contribution in [-0.2, 0) is 0 Å². The van der Waals surface area contributed by atoms with Gasteiger partial charge in [0, 0.05) is 12.6 Å². The topological polar surface area (TPSA) is 93.8 Å². The van der Waals surface area contributed by atoms with Crippen LogP contribution in [0.15, 0.2) is 18.2 Å². The second-order valence-electron chi connectivity index (χ2n) is 3.41. The Kier molecular flexibility index (Phi) is 4.59. The van der Waals surface area contributed by atoms with E-state index in [2.05, 4.69) is 5.32 Å². The molecule has 94 valence electrons. The van der Waals surface area contributed by atoms with E-state index in [0.717, 1.165) is 5.56 Å². The molecule has 1 amide bonds. The van der Waals surface area contributed by atoms with Crippen molar-refractivity contribution in [2.24, 2.45) is 5.73 Å². The van der Waals surface area contributed by atoms with Gasteiger partial charge >= 0.3 is 6.09 Å². The molecule has 6 nitrogen and oxygen atoms in total. The number of rotatable bonds is 5. The van der Waals surface area contributed by atoms with E-state index in [1.807, 2.05) is 0 Å². The first kappa shape index (κ1) is 13.1. The summed E-state index contributed by atoms with van der Waals surface area (Å²) in [7, 11) is 3.08. The number of ether oxygens (including phenoxy) is 2. The largest absolute Gasteiger partial charge is 0.493 e. The van der Waals surface area contributed by atoms with E-state index in [1.165, 1.54) is 7.11 Å². The Morgan fingerprint density at radius 3 is 2.59 bits per heavy atom. The molecule has 0 radical (unpaired) electrons. The van der Waals surface area contributed by atoms with Crippen LogP contribution in [0.2, 0.25) is 0 Å². The Labute approximate surface area is 99.3 Å². The average Bonchev–Trinajstić information content (AvgIpc) is 2.34. The molecule has 6 heteroatoms. The molecule has 0 bridgehead atoms. The lowest BCUT2D eigenvalue weighted by atomic mass is 10.1. The van der Waals surface area contributed by atoms with E-state index < -0.39 is 12.1 Å². The lowest BCUT2D eigenvalue weighted by Crippen LogP contribution is -2.30. The predicted octanol–water partition coefficient (Wildman–Crippen LogP) is 0.971. The Morgan fingerprint density at radius 1 is 1.41 bits per heavy atom. The fraction of sp³-hybridized carbons (Fsp3) is 0.364. The zero-order valence-corrected chi connectivity index (χ0v) is 9.77. The maximum Gasteiger partial charge on any atom is 0.404 e. The van der Waals surface area contributed by atoms with Gasteiger partial charge in [0.1, 0.15) is 0 Å². The van der Waals surface area contributed by atoms with E-state index in [0.29, 0.717) is 11.5 Å². The molecule has 1 aromatic rings. The minimum Gasteiger partial charge on any atom is -0.493 e. The minimum atomic E-state index is -1.10. The molecule has 1 aromatic carbocycles. The first-order valence-corrected chi connectivity index (χ1v) is 5.02. The second-order valence-corrected chi connectivity index (χ2v) is 3.41. The Bertz CT molecular complexity index is 395. The van der Waals surface area contributed by atoms with E-state index in [4.69, 9.17) is 20.3 Å². The van der Waals surface area contributed by atoms with Crippen molar-refractivity contribution >= 4 is 6.09 Å². The molecule has 1 unspecified atom stereocenters. The normalized spacial score (nSPS) is 11.7. The average molecular weight is 240 g/mol. The van der Waals surface area contributed by atoms with Gasteiger partial charge in [0.25, 0.3) is 0 Å². The molecule has 1 atom stereocenters. The molecule has 4 N–H and O–H groups in total. The maximum absolute atomic E-state index is 10.3. The first-order chi connectivity index (χ1) is 8.08. The van der Waals surface area contributed by atoms with Crippen LogP contribution in [0.3, 0.4) is 0 Å². The molecular weight excluding hydrogens is 224 g/mol. The van der Waals surface area contributed by atoms with Crippen molar-refractivity contribution in [3.8, 4) is 11.5 Å². The lowest BCUT2D eigenvalue weighted by molar-refractivity contribution is 0.193. The van der Waals surface area contributed by atoms with Gasteiger partial charge in [-0.15, -0.1) is 0 Å². The van der Waals surface area contributed by atoms with E-state index >= 15 is 0 Å². The fourth-order valence-electron chi connectivity index (χ4n) is 1.40. The number of carboxylic acid groups (broad SMARTS) is 1. The van der Waals surface area contributed by atoms with Crippen LogP contribution < -0.4 is 20.5 Å². The van der Waals surface area contributed by atoms with E-state index in [-0.39, 0.29) is 6.54 Å². The van der Waals surface area contributed by atoms with Crippen LogP contribution in [-0.4, -0.2) is 32.0 Å². The molecule has 0 heterocycles. The summed E-state index contributed by atoms with van der Waals surface area (Å²) >= 11 is 0. The van der Waals surface area contributed by atoms with Gasteiger partial charge < -0.3 is 25.6 Å². The summed E-state index contributed by atoms with van der Waals surface area (Å²) < 4.78 is 10.2. The molecular formula is C11H16N2O4. The van der Waals surface area contributed by atoms with Crippen LogP contribution in [0, 0.1) is 0 Å². The van der Waals surface area contributed by atoms with Crippen molar-refractivity contribution < 1.29 is 19.4 Å². The van der Waals surface area contributed by atoms with Crippen molar-refractivity contribution in [1.82, 2.24) is 5.32 Å². The van der Waals surface area contributed by atoms with Crippen LogP contribution in [0.25, 0.3) is 0 Å². The number of amides is 1. The zero-order valence-electron chi connectivity index (χ0n) is 9.77. The number of hydrogen-bond acceptors (Lipinski definition) is 4. The molecule has 0 saturated carbocycles. The van der Waals surface area contributed by atoms with Gasteiger partial charge in [-0.05, 0) is 17.7 Å². The van der Waals surface area contributed by atoms with Crippen molar-refractivity contribution in [3.05, 3.63) is 23.8 Å². The predicted molar refractivity (Wildman–Crippen MR) is 62.5 cm³/mol. The van der Waals surface area contributed by atoms with Gasteiger partial charge in [0.2, 0.25) is 0 Å². The molecule has 0 fully saturated rings. The molecule has 0 saturated heterocycles. The quantitative estimate of drug-likeness (QED) is 0.713. The van der Waals surface area contributed by atoms with E-state index in [1.54, 1.807) is 25.3 Å². The third kappa shape index (κ3) is 3.53. The first-order valence-electron chi connectivity index (χ1n) is 5.02. The summed E-state index contributed by atoms with van der Waals surface area (Å²) in [6.07, 6.45) is -1.10. The Hall–Kier alpha value is -1.95. The molecule has 0 aliphatic heterocycles. The smallest absolute Gasteiger partial charge is 0.404 e. The van der Waals surface area contributed by atoms with Gasteiger partial charge in [0.05, 0.1) is 14.2 Å².